The number of rotatable bonds is 2. The maximum atomic E-state index is 12.8. The molecule has 2 atom stereocenters. The second-order valence-electron chi connectivity index (χ2n) is 7.85. The van der Waals surface area contributed by atoms with Crippen molar-refractivity contribution >= 4 is 17.8 Å². The topological polar surface area (TPSA) is 84.9 Å². The zero-order valence-electron chi connectivity index (χ0n) is 15.8. The molecule has 0 unspecified atom stereocenters. The Morgan fingerprint density at radius 3 is 2.44 bits per heavy atom. The van der Waals surface area contributed by atoms with Gasteiger partial charge in [-0.2, -0.15) is 0 Å². The van der Waals surface area contributed by atoms with Gasteiger partial charge in [0, 0.05) is 18.4 Å². The number of benzene rings is 1. The van der Waals surface area contributed by atoms with E-state index in [9.17, 15) is 14.4 Å². The summed E-state index contributed by atoms with van der Waals surface area (Å²) in [5.74, 6) is -1.80. The Balaban J connectivity index is 2.05. The molecule has 7 heteroatoms. The lowest BCUT2D eigenvalue weighted by Gasteiger charge is -2.54. The number of hydrogen-bond acceptors (Lipinski definition) is 6. The lowest BCUT2D eigenvalue weighted by molar-refractivity contribution is -0.147. The first-order chi connectivity index (χ1) is 12.8. The highest BCUT2D eigenvalue weighted by atomic mass is 16.5. The molecule has 1 saturated heterocycles. The molecule has 4 rings (SSSR count). The Labute approximate surface area is 157 Å². The number of ether oxygens (including phenoxy) is 2. The van der Waals surface area contributed by atoms with Gasteiger partial charge < -0.3 is 19.7 Å². The van der Waals surface area contributed by atoms with Gasteiger partial charge in [0.2, 0.25) is 5.91 Å². The minimum atomic E-state index is -0.921. The number of carbonyl (C=O) groups excluding carboxylic acids is 3. The molecule has 0 saturated carbocycles. The monoisotopic (exact) mass is 370 g/mol. The van der Waals surface area contributed by atoms with E-state index in [-0.39, 0.29) is 23.6 Å². The summed E-state index contributed by atoms with van der Waals surface area (Å²) in [6.45, 7) is 3.80. The molecule has 3 aliphatic rings. The third kappa shape index (κ3) is 2.17. The van der Waals surface area contributed by atoms with Crippen molar-refractivity contribution in [3.8, 4) is 0 Å². The van der Waals surface area contributed by atoms with Gasteiger partial charge >= 0.3 is 11.9 Å². The van der Waals surface area contributed by atoms with E-state index in [0.29, 0.717) is 6.42 Å². The molecule has 7 nitrogen and oxygen atoms in total. The summed E-state index contributed by atoms with van der Waals surface area (Å²) >= 11 is 0. The molecular formula is C20H22N2O5. The maximum Gasteiger partial charge on any atom is 0.355 e. The first kappa shape index (κ1) is 17.6. The fraction of sp³-hybridized carbons (Fsp3) is 0.450. The zero-order valence-corrected chi connectivity index (χ0v) is 15.8. The number of carbonyl (C=O) groups is 3. The molecule has 1 aromatic rings. The lowest BCUT2D eigenvalue weighted by Crippen LogP contribution is -2.71. The highest BCUT2D eigenvalue weighted by Crippen LogP contribution is 2.58. The van der Waals surface area contributed by atoms with Crippen molar-refractivity contribution in [2.24, 2.45) is 0 Å². The predicted molar refractivity (Wildman–Crippen MR) is 95.4 cm³/mol. The molecule has 27 heavy (non-hydrogen) atoms. The van der Waals surface area contributed by atoms with Gasteiger partial charge in [-0.15, -0.1) is 0 Å². The predicted octanol–water partition coefficient (Wildman–Crippen LogP) is 1.24. The average Bonchev–Trinajstić information content (AvgIpc) is 3.07. The van der Waals surface area contributed by atoms with E-state index in [4.69, 9.17) is 9.47 Å². The van der Waals surface area contributed by atoms with Gasteiger partial charge in [0.25, 0.3) is 0 Å². The van der Waals surface area contributed by atoms with Crippen LogP contribution in [0.3, 0.4) is 0 Å². The normalized spacial score (nSPS) is 27.5. The van der Waals surface area contributed by atoms with E-state index in [1.165, 1.54) is 14.2 Å². The number of nitrogens with zero attached hydrogens (tertiary/aromatic N) is 1. The number of methoxy groups -OCH3 is 2. The van der Waals surface area contributed by atoms with E-state index in [1.54, 1.807) is 0 Å². The van der Waals surface area contributed by atoms with Gasteiger partial charge in [-0.25, -0.2) is 9.59 Å². The third-order valence-corrected chi connectivity index (χ3v) is 5.81. The van der Waals surface area contributed by atoms with Gasteiger partial charge in [0.05, 0.1) is 25.7 Å². The number of nitrogens with one attached hydrogen (secondary N) is 1. The van der Waals surface area contributed by atoms with Crippen molar-refractivity contribution in [3.05, 3.63) is 46.7 Å². The molecule has 1 fully saturated rings. The van der Waals surface area contributed by atoms with E-state index >= 15 is 0 Å². The summed E-state index contributed by atoms with van der Waals surface area (Å²) in [6.07, 6.45) is 0.691. The van der Waals surface area contributed by atoms with Crippen molar-refractivity contribution in [1.82, 2.24) is 10.2 Å². The molecule has 0 radical (unpaired) electrons. The molecule has 2 aliphatic heterocycles. The molecule has 0 aromatic heterocycles. The van der Waals surface area contributed by atoms with E-state index in [2.05, 4.69) is 5.32 Å². The first-order valence-corrected chi connectivity index (χ1v) is 8.87. The zero-order chi connectivity index (χ0) is 19.6. The fourth-order valence-corrected chi connectivity index (χ4v) is 5.08. The molecule has 1 spiro atoms. The number of esters is 2. The molecule has 1 N–H and O–H groups in total. The van der Waals surface area contributed by atoms with Gasteiger partial charge in [0.1, 0.15) is 11.4 Å². The smallest absolute Gasteiger partial charge is 0.355 e. The summed E-state index contributed by atoms with van der Waals surface area (Å²) in [5, 5.41) is 3.10. The van der Waals surface area contributed by atoms with Gasteiger partial charge in [-0.3, -0.25) is 4.79 Å². The Bertz CT molecular complexity index is 903. The van der Waals surface area contributed by atoms with Crippen LogP contribution >= 0.6 is 0 Å². The second kappa shape index (κ2) is 5.58. The van der Waals surface area contributed by atoms with Gasteiger partial charge in [-0.1, -0.05) is 24.3 Å². The van der Waals surface area contributed by atoms with E-state index in [1.807, 2.05) is 43.0 Å². The van der Waals surface area contributed by atoms with Crippen LogP contribution in [-0.4, -0.2) is 48.2 Å². The lowest BCUT2D eigenvalue weighted by atomic mass is 9.83. The van der Waals surface area contributed by atoms with E-state index in [0.717, 1.165) is 11.1 Å². The van der Waals surface area contributed by atoms with Crippen LogP contribution in [0.15, 0.2) is 35.5 Å². The summed E-state index contributed by atoms with van der Waals surface area (Å²) in [6, 6.07) is 7.74. The minimum absolute atomic E-state index is 0.107. The maximum absolute atomic E-state index is 12.8. The van der Waals surface area contributed by atoms with Crippen LogP contribution in [0.25, 0.3) is 0 Å². The Morgan fingerprint density at radius 1 is 1.11 bits per heavy atom. The molecule has 1 aromatic carbocycles. The van der Waals surface area contributed by atoms with Crippen molar-refractivity contribution in [3.63, 3.8) is 0 Å². The Morgan fingerprint density at radius 2 is 1.78 bits per heavy atom. The standard InChI is InChI=1S/C20H22N2O5/c1-19(2)10-13(23)21-20-9-11-7-5-6-8-12(11)15(20)14(17(24)26-3)16(22(19)20)18(25)27-4/h5-8,15H,9-10H2,1-4H3,(H,21,23)/t15-,20-/m1/s1. The Kier molecular flexibility index (Phi) is 3.63. The molecule has 1 amide bonds. The molecule has 0 bridgehead atoms. The highest BCUT2D eigenvalue weighted by molar-refractivity contribution is 6.04. The Hall–Kier alpha value is -2.83. The number of fused-ring (bicyclic) bond motifs is 2. The van der Waals surface area contributed by atoms with Crippen LogP contribution in [0.1, 0.15) is 37.3 Å². The van der Waals surface area contributed by atoms with Crippen LogP contribution in [0.4, 0.5) is 0 Å². The fourth-order valence-electron chi connectivity index (χ4n) is 5.08. The quantitative estimate of drug-likeness (QED) is 0.789. The average molecular weight is 370 g/mol. The summed E-state index contributed by atoms with van der Waals surface area (Å²) in [7, 11) is 2.58. The van der Waals surface area contributed by atoms with Crippen LogP contribution in [-0.2, 0) is 30.3 Å². The number of hydrogen-bond donors (Lipinski definition) is 1. The van der Waals surface area contributed by atoms with Gasteiger partial charge in [0.15, 0.2) is 0 Å². The third-order valence-electron chi connectivity index (χ3n) is 5.81. The number of amides is 1. The van der Waals surface area contributed by atoms with E-state index < -0.39 is 29.1 Å². The van der Waals surface area contributed by atoms with Crippen molar-refractivity contribution < 1.29 is 23.9 Å². The van der Waals surface area contributed by atoms with Crippen LogP contribution in [0.2, 0.25) is 0 Å². The summed E-state index contributed by atoms with van der Waals surface area (Å²) in [4.78, 5) is 40.1. The molecule has 1 aliphatic carbocycles. The van der Waals surface area contributed by atoms with Crippen LogP contribution in [0.5, 0.6) is 0 Å². The molecule has 2 heterocycles. The van der Waals surface area contributed by atoms with Crippen molar-refractivity contribution in [2.45, 2.75) is 43.8 Å². The summed E-state index contributed by atoms with van der Waals surface area (Å²) in [5.41, 5.74) is 0.770. The van der Waals surface area contributed by atoms with Crippen molar-refractivity contribution in [1.29, 1.82) is 0 Å². The molecular weight excluding hydrogens is 348 g/mol. The van der Waals surface area contributed by atoms with Gasteiger partial charge in [-0.05, 0) is 25.0 Å². The highest BCUT2D eigenvalue weighted by Gasteiger charge is 2.66. The second-order valence-corrected chi connectivity index (χ2v) is 7.85. The minimum Gasteiger partial charge on any atom is -0.466 e. The van der Waals surface area contributed by atoms with Crippen LogP contribution < -0.4 is 5.32 Å². The van der Waals surface area contributed by atoms with Crippen molar-refractivity contribution in [2.75, 3.05) is 14.2 Å². The largest absolute Gasteiger partial charge is 0.466 e. The van der Waals surface area contributed by atoms with Crippen LogP contribution in [0, 0.1) is 0 Å². The molecule has 142 valence electrons. The SMILES string of the molecule is COC(=O)C1=C(C(=O)OC)N2C(C)(C)CC(=O)N[C@]23Cc2ccccc2[C@H]13. The summed E-state index contributed by atoms with van der Waals surface area (Å²) < 4.78 is 10.1. The first-order valence-electron chi connectivity index (χ1n) is 8.87.